The zero-order chi connectivity index (χ0) is 14.2. The molecule has 1 aromatic rings. The molecule has 1 aliphatic carbocycles. The summed E-state index contributed by atoms with van der Waals surface area (Å²) in [7, 11) is -3.35. The van der Waals surface area contributed by atoms with Crippen LogP contribution in [-0.2, 0) is 21.2 Å². The van der Waals surface area contributed by atoms with Gasteiger partial charge in [0.25, 0.3) is 0 Å². The normalized spacial score (nSPS) is 17.5. The van der Waals surface area contributed by atoms with Crippen LogP contribution in [0.1, 0.15) is 22.7 Å². The quantitative estimate of drug-likeness (QED) is 0.884. The maximum absolute atomic E-state index is 11.3. The highest BCUT2D eigenvalue weighted by Crippen LogP contribution is 2.34. The standard InChI is InChI=1S/C12H12ClNO4S/c1-19(17,18)14-11-5-3-7-8(11)2-4-10(13)9(7)6-12(15)16/h2-5,11,14H,6H2,1H3,(H,15,16). The number of carboxylic acids is 1. The highest BCUT2D eigenvalue weighted by atomic mass is 35.5. The number of sulfonamides is 1. The summed E-state index contributed by atoms with van der Waals surface area (Å²) in [6, 6.07) is 2.81. The molecule has 0 bridgehead atoms. The Morgan fingerprint density at radius 2 is 2.16 bits per heavy atom. The Labute approximate surface area is 115 Å². The molecule has 0 amide bonds. The van der Waals surface area contributed by atoms with Gasteiger partial charge in [0.2, 0.25) is 10.0 Å². The molecule has 1 aliphatic rings. The first-order chi connectivity index (χ1) is 8.78. The van der Waals surface area contributed by atoms with Crippen molar-refractivity contribution in [3.8, 4) is 0 Å². The average Bonchev–Trinajstić information content (AvgIpc) is 2.63. The lowest BCUT2D eigenvalue weighted by molar-refractivity contribution is -0.136. The lowest BCUT2D eigenvalue weighted by Gasteiger charge is -2.14. The van der Waals surface area contributed by atoms with Crippen molar-refractivity contribution in [2.45, 2.75) is 12.5 Å². The molecule has 7 heteroatoms. The Bertz CT molecular complexity index is 667. The number of benzene rings is 1. The molecule has 0 aromatic heterocycles. The molecule has 1 aromatic carbocycles. The van der Waals surface area contributed by atoms with E-state index < -0.39 is 22.0 Å². The summed E-state index contributed by atoms with van der Waals surface area (Å²) in [4.78, 5) is 10.8. The Kier molecular flexibility index (Phi) is 3.66. The van der Waals surface area contributed by atoms with Gasteiger partial charge in [-0.15, -0.1) is 0 Å². The molecule has 0 saturated heterocycles. The van der Waals surface area contributed by atoms with Gasteiger partial charge in [0, 0.05) is 5.02 Å². The molecule has 19 heavy (non-hydrogen) atoms. The maximum atomic E-state index is 11.3. The monoisotopic (exact) mass is 301 g/mol. The van der Waals surface area contributed by atoms with Crippen LogP contribution in [0.3, 0.4) is 0 Å². The molecular formula is C12H12ClNO4S. The second-order valence-electron chi connectivity index (χ2n) is 4.33. The van der Waals surface area contributed by atoms with Crippen LogP contribution in [0.15, 0.2) is 18.2 Å². The van der Waals surface area contributed by atoms with Crippen LogP contribution in [0.2, 0.25) is 5.02 Å². The third-order valence-corrected chi connectivity index (χ3v) is 3.83. The summed E-state index contributed by atoms with van der Waals surface area (Å²) in [6.45, 7) is 0. The van der Waals surface area contributed by atoms with Gasteiger partial charge < -0.3 is 5.11 Å². The van der Waals surface area contributed by atoms with Crippen molar-refractivity contribution in [3.05, 3.63) is 39.9 Å². The SMILES string of the molecule is CS(=O)(=O)NC1C=Cc2c1ccc(Cl)c2CC(=O)O. The number of hydrogen-bond donors (Lipinski definition) is 2. The molecule has 1 atom stereocenters. The summed E-state index contributed by atoms with van der Waals surface area (Å²) in [6.07, 6.45) is 4.25. The van der Waals surface area contributed by atoms with E-state index in [9.17, 15) is 13.2 Å². The Hall–Kier alpha value is -1.37. The van der Waals surface area contributed by atoms with Gasteiger partial charge in [-0.25, -0.2) is 13.1 Å². The van der Waals surface area contributed by atoms with Gasteiger partial charge in [0.1, 0.15) is 0 Å². The van der Waals surface area contributed by atoms with Crippen molar-refractivity contribution in [3.63, 3.8) is 0 Å². The Morgan fingerprint density at radius 1 is 1.47 bits per heavy atom. The van der Waals surface area contributed by atoms with Crippen molar-refractivity contribution in [2.75, 3.05) is 6.26 Å². The molecule has 102 valence electrons. The van der Waals surface area contributed by atoms with E-state index >= 15 is 0 Å². The van der Waals surface area contributed by atoms with Crippen LogP contribution in [0.5, 0.6) is 0 Å². The van der Waals surface area contributed by atoms with E-state index in [0.717, 1.165) is 6.26 Å². The van der Waals surface area contributed by atoms with Gasteiger partial charge in [0.05, 0.1) is 18.7 Å². The fourth-order valence-corrected chi connectivity index (χ4v) is 2.98. The molecule has 5 nitrogen and oxygen atoms in total. The van der Waals surface area contributed by atoms with Crippen LogP contribution in [0, 0.1) is 0 Å². The van der Waals surface area contributed by atoms with Gasteiger partial charge in [-0.05, 0) is 22.8 Å². The molecule has 0 aliphatic heterocycles. The third-order valence-electron chi connectivity index (χ3n) is 2.79. The van der Waals surface area contributed by atoms with Gasteiger partial charge in [-0.3, -0.25) is 4.79 Å². The number of rotatable bonds is 4. The highest BCUT2D eigenvalue weighted by Gasteiger charge is 2.24. The van der Waals surface area contributed by atoms with Crippen LogP contribution >= 0.6 is 11.6 Å². The molecule has 0 heterocycles. The molecular weight excluding hydrogens is 290 g/mol. The van der Waals surface area contributed by atoms with E-state index in [-0.39, 0.29) is 6.42 Å². The van der Waals surface area contributed by atoms with Crippen LogP contribution in [0.25, 0.3) is 6.08 Å². The summed E-state index contributed by atoms with van der Waals surface area (Å²) >= 11 is 6.00. The molecule has 0 fully saturated rings. The average molecular weight is 302 g/mol. The molecule has 0 spiro atoms. The lowest BCUT2D eigenvalue weighted by atomic mass is 9.99. The van der Waals surface area contributed by atoms with Crippen molar-refractivity contribution in [1.82, 2.24) is 4.72 Å². The van der Waals surface area contributed by atoms with Crippen molar-refractivity contribution < 1.29 is 18.3 Å². The number of hydrogen-bond acceptors (Lipinski definition) is 3. The number of halogens is 1. The fraction of sp³-hybridized carbons (Fsp3) is 0.250. The van der Waals surface area contributed by atoms with E-state index in [1.54, 1.807) is 24.3 Å². The minimum Gasteiger partial charge on any atom is -0.481 e. The van der Waals surface area contributed by atoms with Crippen LogP contribution < -0.4 is 4.72 Å². The molecule has 2 N–H and O–H groups in total. The van der Waals surface area contributed by atoms with Gasteiger partial charge in [0.15, 0.2) is 0 Å². The van der Waals surface area contributed by atoms with E-state index in [1.807, 2.05) is 0 Å². The van der Waals surface area contributed by atoms with Crippen LogP contribution in [0.4, 0.5) is 0 Å². The number of carboxylic acid groups (broad SMARTS) is 1. The lowest BCUT2D eigenvalue weighted by Crippen LogP contribution is -2.25. The van der Waals surface area contributed by atoms with E-state index in [0.29, 0.717) is 21.7 Å². The Balaban J connectivity index is 2.43. The van der Waals surface area contributed by atoms with E-state index in [1.165, 1.54) is 0 Å². The molecule has 0 saturated carbocycles. The smallest absolute Gasteiger partial charge is 0.307 e. The van der Waals surface area contributed by atoms with Crippen molar-refractivity contribution in [1.29, 1.82) is 0 Å². The summed E-state index contributed by atoms with van der Waals surface area (Å²) in [5.41, 5.74) is 1.89. The first kappa shape index (κ1) is 14.0. The fourth-order valence-electron chi connectivity index (χ4n) is 2.08. The maximum Gasteiger partial charge on any atom is 0.307 e. The van der Waals surface area contributed by atoms with E-state index in [4.69, 9.17) is 16.7 Å². The predicted molar refractivity (Wildman–Crippen MR) is 72.5 cm³/mol. The summed E-state index contributed by atoms with van der Waals surface area (Å²) in [5.74, 6) is -0.983. The number of carbonyl (C=O) groups is 1. The topological polar surface area (TPSA) is 83.5 Å². The summed E-state index contributed by atoms with van der Waals surface area (Å²) < 4.78 is 25.0. The molecule has 1 unspecified atom stereocenters. The first-order valence-corrected chi connectivity index (χ1v) is 7.73. The first-order valence-electron chi connectivity index (χ1n) is 5.46. The van der Waals surface area contributed by atoms with Gasteiger partial charge in [-0.2, -0.15) is 0 Å². The van der Waals surface area contributed by atoms with E-state index in [2.05, 4.69) is 4.72 Å². The Morgan fingerprint density at radius 3 is 2.74 bits per heavy atom. The zero-order valence-electron chi connectivity index (χ0n) is 10.1. The highest BCUT2D eigenvalue weighted by molar-refractivity contribution is 7.88. The minimum absolute atomic E-state index is 0.196. The second kappa shape index (κ2) is 4.96. The second-order valence-corrected chi connectivity index (χ2v) is 6.51. The third kappa shape index (κ3) is 3.15. The van der Waals surface area contributed by atoms with Crippen LogP contribution in [-0.4, -0.2) is 25.7 Å². The molecule has 0 radical (unpaired) electrons. The zero-order valence-corrected chi connectivity index (χ0v) is 11.6. The predicted octanol–water partition coefficient (Wildman–Crippen LogP) is 1.58. The van der Waals surface area contributed by atoms with Crippen molar-refractivity contribution in [2.24, 2.45) is 0 Å². The van der Waals surface area contributed by atoms with Gasteiger partial charge >= 0.3 is 5.97 Å². The summed E-state index contributed by atoms with van der Waals surface area (Å²) in [5, 5.41) is 9.25. The molecule has 2 rings (SSSR count). The number of nitrogens with one attached hydrogen (secondary N) is 1. The minimum atomic E-state index is -3.35. The number of fused-ring (bicyclic) bond motifs is 1. The van der Waals surface area contributed by atoms with Gasteiger partial charge in [-0.1, -0.05) is 29.8 Å². The largest absolute Gasteiger partial charge is 0.481 e. The number of aliphatic carboxylic acids is 1. The van der Waals surface area contributed by atoms with Crippen molar-refractivity contribution >= 4 is 33.7 Å².